The van der Waals surface area contributed by atoms with Crippen LogP contribution in [0.5, 0.6) is 0 Å². The van der Waals surface area contributed by atoms with Crippen LogP contribution in [0.1, 0.15) is 98.3 Å². The van der Waals surface area contributed by atoms with Crippen LogP contribution in [-0.2, 0) is 4.79 Å². The van der Waals surface area contributed by atoms with Crippen molar-refractivity contribution in [1.29, 1.82) is 0 Å². The molecule has 0 aromatic heterocycles. The zero-order valence-electron chi connectivity index (χ0n) is 15.4. The van der Waals surface area contributed by atoms with Gasteiger partial charge in [-0.3, -0.25) is 4.79 Å². The third kappa shape index (κ3) is 9.45. The highest BCUT2D eigenvalue weighted by Gasteiger charge is 2.35. The van der Waals surface area contributed by atoms with Gasteiger partial charge in [0.15, 0.2) is 0 Å². The molecule has 0 aromatic carbocycles. The quantitative estimate of drug-likeness (QED) is 0.452. The summed E-state index contributed by atoms with van der Waals surface area (Å²) in [5, 5.41) is 9.66. The van der Waals surface area contributed by atoms with E-state index in [4.69, 9.17) is 5.73 Å². The highest BCUT2D eigenvalue weighted by atomic mass is 16.3. The first-order chi connectivity index (χ1) is 10.3. The fourth-order valence-corrected chi connectivity index (χ4v) is 3.09. The van der Waals surface area contributed by atoms with Crippen LogP contribution in [0.4, 0.5) is 0 Å². The molecule has 2 unspecified atom stereocenters. The van der Waals surface area contributed by atoms with Crippen molar-refractivity contribution in [3.05, 3.63) is 0 Å². The van der Waals surface area contributed by atoms with Crippen LogP contribution >= 0.6 is 0 Å². The van der Waals surface area contributed by atoms with Gasteiger partial charge >= 0.3 is 0 Å². The molecule has 0 heterocycles. The summed E-state index contributed by atoms with van der Waals surface area (Å²) in [7, 11) is 0. The fraction of sp³-hybridized carbons (Fsp3) is 0.947. The summed E-state index contributed by atoms with van der Waals surface area (Å²) in [6, 6.07) is 0. The summed E-state index contributed by atoms with van der Waals surface area (Å²) >= 11 is 0. The van der Waals surface area contributed by atoms with Gasteiger partial charge in [0.1, 0.15) is 0 Å². The minimum atomic E-state index is -0.531. The van der Waals surface area contributed by atoms with Crippen molar-refractivity contribution < 1.29 is 9.90 Å². The van der Waals surface area contributed by atoms with Gasteiger partial charge in [0, 0.05) is 5.41 Å². The predicted molar refractivity (Wildman–Crippen MR) is 94.6 cm³/mol. The van der Waals surface area contributed by atoms with E-state index in [0.29, 0.717) is 6.42 Å². The standard InChI is InChI=1S/C19H39NO2/c1-5-6-7-8-9-10-11-12-13-14-17(15-16(2)21)19(3,4)18(20)22/h16-17,21H,5-15H2,1-4H3,(H2,20,22). The number of amides is 1. The Kier molecular flexibility index (Phi) is 11.6. The van der Waals surface area contributed by atoms with Crippen molar-refractivity contribution in [2.45, 2.75) is 104 Å². The molecule has 22 heavy (non-hydrogen) atoms. The molecule has 0 radical (unpaired) electrons. The van der Waals surface area contributed by atoms with Gasteiger partial charge < -0.3 is 10.8 Å². The van der Waals surface area contributed by atoms with Crippen molar-refractivity contribution >= 4 is 5.91 Å². The Balaban J connectivity index is 3.93. The smallest absolute Gasteiger partial charge is 0.223 e. The van der Waals surface area contributed by atoms with Gasteiger partial charge in [0.2, 0.25) is 5.91 Å². The lowest BCUT2D eigenvalue weighted by Crippen LogP contribution is -2.39. The lowest BCUT2D eigenvalue weighted by molar-refractivity contribution is -0.129. The van der Waals surface area contributed by atoms with Gasteiger partial charge in [0.25, 0.3) is 0 Å². The third-order valence-electron chi connectivity index (χ3n) is 4.94. The molecule has 2 atom stereocenters. The average Bonchev–Trinajstić information content (AvgIpc) is 2.43. The van der Waals surface area contributed by atoms with Crippen molar-refractivity contribution in [3.63, 3.8) is 0 Å². The third-order valence-corrected chi connectivity index (χ3v) is 4.94. The number of carbonyl (C=O) groups excluding carboxylic acids is 1. The summed E-state index contributed by atoms with van der Waals surface area (Å²) < 4.78 is 0. The Bertz CT molecular complexity index is 287. The van der Waals surface area contributed by atoms with Crippen molar-refractivity contribution in [2.24, 2.45) is 17.1 Å². The first-order valence-corrected chi connectivity index (χ1v) is 9.30. The lowest BCUT2D eigenvalue weighted by atomic mass is 9.73. The largest absolute Gasteiger partial charge is 0.393 e. The van der Waals surface area contributed by atoms with Crippen LogP contribution in [0.15, 0.2) is 0 Å². The maximum absolute atomic E-state index is 11.6. The van der Waals surface area contributed by atoms with Crippen molar-refractivity contribution in [3.8, 4) is 0 Å². The Labute approximate surface area is 138 Å². The first kappa shape index (κ1) is 21.4. The fourth-order valence-electron chi connectivity index (χ4n) is 3.09. The molecule has 0 rings (SSSR count). The number of hydrogen-bond acceptors (Lipinski definition) is 2. The van der Waals surface area contributed by atoms with Gasteiger partial charge in [-0.05, 0) is 25.7 Å². The van der Waals surface area contributed by atoms with Gasteiger partial charge in [-0.15, -0.1) is 0 Å². The number of aliphatic hydroxyl groups excluding tert-OH is 1. The number of unbranched alkanes of at least 4 members (excludes halogenated alkanes) is 8. The Morgan fingerprint density at radius 2 is 1.45 bits per heavy atom. The Hall–Kier alpha value is -0.570. The molecule has 0 spiro atoms. The maximum Gasteiger partial charge on any atom is 0.223 e. The summed E-state index contributed by atoms with van der Waals surface area (Å²) in [6.07, 6.45) is 13.0. The van der Waals surface area contributed by atoms with E-state index >= 15 is 0 Å². The zero-order valence-corrected chi connectivity index (χ0v) is 15.4. The highest BCUT2D eigenvalue weighted by Crippen LogP contribution is 2.34. The normalized spacial score (nSPS) is 14.8. The van der Waals surface area contributed by atoms with Crippen LogP contribution in [-0.4, -0.2) is 17.1 Å². The molecule has 3 N–H and O–H groups in total. The van der Waals surface area contributed by atoms with Crippen molar-refractivity contribution in [2.75, 3.05) is 0 Å². The second-order valence-corrected chi connectivity index (χ2v) is 7.48. The van der Waals surface area contributed by atoms with E-state index < -0.39 is 5.41 Å². The highest BCUT2D eigenvalue weighted by molar-refractivity contribution is 5.80. The molecule has 0 bridgehead atoms. The van der Waals surface area contributed by atoms with Crippen LogP contribution in [0.2, 0.25) is 0 Å². The minimum Gasteiger partial charge on any atom is -0.393 e. The van der Waals surface area contributed by atoms with E-state index in [0.717, 1.165) is 12.8 Å². The number of nitrogens with two attached hydrogens (primary N) is 1. The second kappa shape index (κ2) is 11.9. The lowest BCUT2D eigenvalue weighted by Gasteiger charge is -2.32. The molecule has 0 aliphatic carbocycles. The number of primary amides is 1. The SMILES string of the molecule is CCCCCCCCCCCC(CC(C)O)C(C)(C)C(N)=O. The topological polar surface area (TPSA) is 63.3 Å². The summed E-state index contributed by atoms with van der Waals surface area (Å²) in [4.78, 5) is 11.6. The molecule has 1 amide bonds. The average molecular weight is 314 g/mol. The molecule has 132 valence electrons. The van der Waals surface area contributed by atoms with E-state index in [2.05, 4.69) is 6.92 Å². The predicted octanol–water partition coefficient (Wildman–Crippen LogP) is 4.81. The molecule has 0 aliphatic rings. The van der Waals surface area contributed by atoms with Crippen molar-refractivity contribution in [1.82, 2.24) is 0 Å². The van der Waals surface area contributed by atoms with E-state index in [1.807, 2.05) is 13.8 Å². The molecule has 0 aromatic rings. The Morgan fingerprint density at radius 3 is 1.86 bits per heavy atom. The molecule has 0 aliphatic heterocycles. The van der Waals surface area contributed by atoms with Crippen LogP contribution in [0, 0.1) is 11.3 Å². The molecule has 0 fully saturated rings. The van der Waals surface area contributed by atoms with E-state index in [1.165, 1.54) is 51.4 Å². The molecule has 0 saturated carbocycles. The summed E-state index contributed by atoms with van der Waals surface area (Å²) in [5.41, 5.74) is 5.01. The zero-order chi connectivity index (χ0) is 17.0. The summed E-state index contributed by atoms with van der Waals surface area (Å²) in [5.74, 6) is -0.0800. The van der Waals surface area contributed by atoms with Gasteiger partial charge in [-0.1, -0.05) is 78.6 Å². The molecular weight excluding hydrogens is 274 g/mol. The van der Waals surface area contributed by atoms with Crippen LogP contribution in [0.3, 0.4) is 0 Å². The van der Waals surface area contributed by atoms with E-state index in [9.17, 15) is 9.90 Å². The maximum atomic E-state index is 11.6. The van der Waals surface area contributed by atoms with Crippen LogP contribution < -0.4 is 5.73 Å². The second-order valence-electron chi connectivity index (χ2n) is 7.48. The van der Waals surface area contributed by atoms with Gasteiger partial charge in [-0.2, -0.15) is 0 Å². The molecule has 3 heteroatoms. The van der Waals surface area contributed by atoms with Crippen LogP contribution in [0.25, 0.3) is 0 Å². The van der Waals surface area contributed by atoms with E-state index in [1.54, 1.807) is 6.92 Å². The molecule has 0 saturated heterocycles. The number of rotatable bonds is 14. The monoisotopic (exact) mass is 313 g/mol. The Morgan fingerprint density at radius 1 is 1.00 bits per heavy atom. The minimum absolute atomic E-state index is 0.176. The summed E-state index contributed by atoms with van der Waals surface area (Å²) in [6.45, 7) is 7.86. The molecular formula is C19H39NO2. The number of aliphatic hydroxyl groups is 1. The van der Waals surface area contributed by atoms with E-state index in [-0.39, 0.29) is 17.9 Å². The van der Waals surface area contributed by atoms with Gasteiger partial charge in [-0.25, -0.2) is 0 Å². The first-order valence-electron chi connectivity index (χ1n) is 9.30. The number of carbonyl (C=O) groups is 1. The van der Waals surface area contributed by atoms with Gasteiger partial charge in [0.05, 0.1) is 6.10 Å². The number of hydrogen-bond donors (Lipinski definition) is 2. The molecule has 3 nitrogen and oxygen atoms in total.